The number of carbonyl (C=O) groups is 3. The van der Waals surface area contributed by atoms with Crippen molar-refractivity contribution in [1.29, 1.82) is 0 Å². The summed E-state index contributed by atoms with van der Waals surface area (Å²) in [6, 6.07) is 5.44. The predicted octanol–water partition coefficient (Wildman–Crippen LogP) is 1.35. The smallest absolute Gasteiger partial charge is 0.240 e. The van der Waals surface area contributed by atoms with Gasteiger partial charge in [0.1, 0.15) is 6.54 Å². The number of benzene rings is 1. The summed E-state index contributed by atoms with van der Waals surface area (Å²) >= 11 is 0. The number of hydrogen-bond acceptors (Lipinski definition) is 5. The molecule has 2 heterocycles. The number of fused-ring (bicyclic) bond motifs is 1. The maximum atomic E-state index is 12.6. The van der Waals surface area contributed by atoms with Crippen LogP contribution in [0.1, 0.15) is 37.7 Å². The standard InChI is InChI=1S/C18H20N2O5/c21-15(19-9-12-3-4-13-14(7-12)25-11-24-13)10-20-16(22)8-18(17(20)23)5-1-2-6-18/h3-4,7H,1-2,5-6,8-11H2,(H,19,21). The molecule has 132 valence electrons. The lowest BCUT2D eigenvalue weighted by atomic mass is 9.84. The highest BCUT2D eigenvalue weighted by atomic mass is 16.7. The first-order chi connectivity index (χ1) is 12.1. The highest BCUT2D eigenvalue weighted by molar-refractivity contribution is 6.08. The van der Waals surface area contributed by atoms with Gasteiger partial charge in [0.25, 0.3) is 0 Å². The molecular weight excluding hydrogens is 324 g/mol. The van der Waals surface area contributed by atoms with Crippen LogP contribution in [0.25, 0.3) is 0 Å². The molecule has 1 aromatic rings. The molecule has 7 heteroatoms. The lowest BCUT2D eigenvalue weighted by Gasteiger charge is -2.20. The van der Waals surface area contributed by atoms with Gasteiger partial charge in [0, 0.05) is 13.0 Å². The lowest BCUT2D eigenvalue weighted by molar-refractivity contribution is -0.144. The molecule has 25 heavy (non-hydrogen) atoms. The third-order valence-electron chi connectivity index (χ3n) is 5.28. The van der Waals surface area contributed by atoms with Crippen molar-refractivity contribution in [2.24, 2.45) is 5.41 Å². The minimum Gasteiger partial charge on any atom is -0.454 e. The number of rotatable bonds is 4. The van der Waals surface area contributed by atoms with Crippen LogP contribution in [0.2, 0.25) is 0 Å². The van der Waals surface area contributed by atoms with Crippen molar-refractivity contribution in [3.8, 4) is 11.5 Å². The van der Waals surface area contributed by atoms with Crippen LogP contribution in [0.15, 0.2) is 18.2 Å². The first kappa shape index (κ1) is 15.9. The van der Waals surface area contributed by atoms with Crippen molar-refractivity contribution < 1.29 is 23.9 Å². The average molecular weight is 344 g/mol. The Bertz CT molecular complexity index is 739. The van der Waals surface area contributed by atoms with E-state index in [4.69, 9.17) is 9.47 Å². The van der Waals surface area contributed by atoms with Gasteiger partial charge in [-0.15, -0.1) is 0 Å². The van der Waals surface area contributed by atoms with E-state index in [1.165, 1.54) is 0 Å². The van der Waals surface area contributed by atoms with Crippen molar-refractivity contribution in [3.63, 3.8) is 0 Å². The van der Waals surface area contributed by atoms with E-state index in [0.29, 0.717) is 18.0 Å². The molecule has 0 unspecified atom stereocenters. The van der Waals surface area contributed by atoms with E-state index in [1.807, 2.05) is 12.1 Å². The fraction of sp³-hybridized carbons (Fsp3) is 0.500. The summed E-state index contributed by atoms with van der Waals surface area (Å²) < 4.78 is 10.5. The number of amides is 3. The summed E-state index contributed by atoms with van der Waals surface area (Å²) in [5.74, 6) is 0.595. The van der Waals surface area contributed by atoms with E-state index in [9.17, 15) is 14.4 Å². The quantitative estimate of drug-likeness (QED) is 0.834. The fourth-order valence-corrected chi connectivity index (χ4v) is 3.91. The van der Waals surface area contributed by atoms with Crippen LogP contribution >= 0.6 is 0 Å². The monoisotopic (exact) mass is 344 g/mol. The van der Waals surface area contributed by atoms with Crippen LogP contribution in [0, 0.1) is 5.41 Å². The zero-order valence-corrected chi connectivity index (χ0v) is 13.9. The number of carbonyl (C=O) groups excluding carboxylic acids is 3. The number of ether oxygens (including phenoxy) is 2. The first-order valence-electron chi connectivity index (χ1n) is 8.57. The topological polar surface area (TPSA) is 84.9 Å². The summed E-state index contributed by atoms with van der Waals surface area (Å²) in [6.07, 6.45) is 3.72. The van der Waals surface area contributed by atoms with Crippen LogP contribution < -0.4 is 14.8 Å². The van der Waals surface area contributed by atoms with Gasteiger partial charge in [-0.05, 0) is 30.5 Å². The minimum absolute atomic E-state index is 0.173. The number of nitrogens with zero attached hydrogens (tertiary/aromatic N) is 1. The summed E-state index contributed by atoms with van der Waals surface area (Å²) in [6.45, 7) is 0.298. The van der Waals surface area contributed by atoms with Gasteiger partial charge in [-0.1, -0.05) is 18.9 Å². The highest BCUT2D eigenvalue weighted by Crippen LogP contribution is 2.46. The van der Waals surface area contributed by atoms with E-state index in [1.54, 1.807) is 6.07 Å². The van der Waals surface area contributed by atoms with Gasteiger partial charge in [-0.25, -0.2) is 0 Å². The molecule has 1 aliphatic carbocycles. The predicted molar refractivity (Wildman–Crippen MR) is 86.6 cm³/mol. The molecule has 1 spiro atoms. The molecule has 0 radical (unpaired) electrons. The molecule has 0 aromatic heterocycles. The van der Waals surface area contributed by atoms with E-state index < -0.39 is 5.41 Å². The van der Waals surface area contributed by atoms with Crippen LogP contribution in [-0.4, -0.2) is 36.0 Å². The second kappa shape index (κ2) is 6.06. The van der Waals surface area contributed by atoms with Crippen LogP contribution in [0.5, 0.6) is 11.5 Å². The van der Waals surface area contributed by atoms with Gasteiger partial charge in [0.2, 0.25) is 24.5 Å². The number of nitrogens with one attached hydrogen (secondary N) is 1. The summed E-state index contributed by atoms with van der Waals surface area (Å²) in [7, 11) is 0. The first-order valence-corrected chi connectivity index (χ1v) is 8.57. The number of imide groups is 1. The highest BCUT2D eigenvalue weighted by Gasteiger charge is 2.52. The van der Waals surface area contributed by atoms with E-state index >= 15 is 0 Å². The SMILES string of the molecule is O=C(CN1C(=O)CC2(CCCC2)C1=O)NCc1ccc2c(c1)OCO2. The normalized spacial score (nSPS) is 20.6. The Morgan fingerprint density at radius 1 is 1.16 bits per heavy atom. The third kappa shape index (κ3) is 2.83. The largest absolute Gasteiger partial charge is 0.454 e. The number of hydrogen-bond donors (Lipinski definition) is 1. The zero-order valence-electron chi connectivity index (χ0n) is 13.9. The molecule has 1 saturated heterocycles. The van der Waals surface area contributed by atoms with Gasteiger partial charge >= 0.3 is 0 Å². The Balaban J connectivity index is 1.34. The van der Waals surface area contributed by atoms with Crippen molar-refractivity contribution in [1.82, 2.24) is 10.2 Å². The molecular formula is C18H20N2O5. The molecule has 0 bridgehead atoms. The van der Waals surface area contributed by atoms with Gasteiger partial charge in [0.05, 0.1) is 5.41 Å². The maximum Gasteiger partial charge on any atom is 0.240 e. The number of likely N-dealkylation sites (tertiary alicyclic amines) is 1. The molecule has 1 saturated carbocycles. The van der Waals surface area contributed by atoms with Crippen molar-refractivity contribution in [2.45, 2.75) is 38.6 Å². The lowest BCUT2D eigenvalue weighted by Crippen LogP contribution is -2.42. The Kier molecular flexibility index (Phi) is 3.86. The Hall–Kier alpha value is -2.57. The van der Waals surface area contributed by atoms with Crippen LogP contribution in [0.4, 0.5) is 0 Å². The second-order valence-corrected chi connectivity index (χ2v) is 6.91. The summed E-state index contributed by atoms with van der Waals surface area (Å²) in [4.78, 5) is 38.1. The molecule has 3 amide bonds. The Morgan fingerprint density at radius 2 is 1.92 bits per heavy atom. The third-order valence-corrected chi connectivity index (χ3v) is 5.28. The second-order valence-electron chi connectivity index (χ2n) is 6.91. The van der Waals surface area contributed by atoms with Gasteiger partial charge in [-0.2, -0.15) is 0 Å². The van der Waals surface area contributed by atoms with Crippen molar-refractivity contribution in [2.75, 3.05) is 13.3 Å². The van der Waals surface area contributed by atoms with E-state index in [0.717, 1.165) is 36.1 Å². The average Bonchev–Trinajstić information content (AvgIpc) is 3.30. The molecule has 7 nitrogen and oxygen atoms in total. The fourth-order valence-electron chi connectivity index (χ4n) is 3.91. The molecule has 1 aromatic carbocycles. The van der Waals surface area contributed by atoms with Gasteiger partial charge < -0.3 is 14.8 Å². The van der Waals surface area contributed by atoms with Gasteiger partial charge in [-0.3, -0.25) is 19.3 Å². The van der Waals surface area contributed by atoms with Crippen molar-refractivity contribution >= 4 is 17.7 Å². The minimum atomic E-state index is -0.533. The molecule has 2 aliphatic heterocycles. The molecule has 3 aliphatic rings. The molecule has 4 rings (SSSR count). The molecule has 1 N–H and O–H groups in total. The summed E-state index contributed by atoms with van der Waals surface area (Å²) in [5.41, 5.74) is 0.332. The molecule has 0 atom stereocenters. The Morgan fingerprint density at radius 3 is 2.72 bits per heavy atom. The maximum absolute atomic E-state index is 12.6. The van der Waals surface area contributed by atoms with Gasteiger partial charge in [0.15, 0.2) is 11.5 Å². The molecule has 2 fully saturated rings. The van der Waals surface area contributed by atoms with Crippen LogP contribution in [0.3, 0.4) is 0 Å². The Labute approximate surface area is 145 Å². The van der Waals surface area contributed by atoms with E-state index in [2.05, 4.69) is 5.32 Å². The summed E-state index contributed by atoms with van der Waals surface area (Å²) in [5, 5.41) is 2.76. The zero-order chi connectivity index (χ0) is 17.4. The van der Waals surface area contributed by atoms with Crippen molar-refractivity contribution in [3.05, 3.63) is 23.8 Å². The van der Waals surface area contributed by atoms with E-state index in [-0.39, 0.29) is 37.5 Å². The van der Waals surface area contributed by atoms with Crippen LogP contribution in [-0.2, 0) is 20.9 Å².